The van der Waals surface area contributed by atoms with Gasteiger partial charge in [0.15, 0.2) is 0 Å². The summed E-state index contributed by atoms with van der Waals surface area (Å²) in [6.45, 7) is 8.16. The van der Waals surface area contributed by atoms with E-state index in [1.54, 1.807) is 49.6 Å². The summed E-state index contributed by atoms with van der Waals surface area (Å²) in [4.78, 5) is 28.1. The van der Waals surface area contributed by atoms with Gasteiger partial charge in [0.2, 0.25) is 0 Å². The molecular formula is C30H28N2O4. The van der Waals surface area contributed by atoms with Crippen molar-refractivity contribution >= 4 is 23.1 Å². The highest BCUT2D eigenvalue weighted by Crippen LogP contribution is 2.43. The van der Waals surface area contributed by atoms with Gasteiger partial charge in [0.05, 0.1) is 30.4 Å². The lowest BCUT2D eigenvalue weighted by molar-refractivity contribution is -0.132. The van der Waals surface area contributed by atoms with E-state index in [2.05, 4.69) is 26.8 Å². The summed E-state index contributed by atoms with van der Waals surface area (Å²) in [5.74, 6) is -1.11. The first-order valence-corrected chi connectivity index (χ1v) is 11.6. The first kappa shape index (κ1) is 24.7. The number of rotatable bonds is 4. The zero-order valence-electron chi connectivity index (χ0n) is 21.0. The van der Waals surface area contributed by atoms with Crippen LogP contribution < -0.4 is 9.64 Å². The molecule has 1 unspecified atom stereocenters. The molecule has 1 atom stereocenters. The fraction of sp³-hybridized carbons (Fsp3) is 0.233. The van der Waals surface area contributed by atoms with Crippen LogP contribution in [0.5, 0.6) is 5.75 Å². The minimum Gasteiger partial charge on any atom is -0.507 e. The second-order valence-electron chi connectivity index (χ2n) is 9.88. The molecule has 3 aromatic rings. The summed E-state index contributed by atoms with van der Waals surface area (Å²) in [6, 6.07) is 20.5. The van der Waals surface area contributed by atoms with E-state index in [-0.39, 0.29) is 16.7 Å². The third kappa shape index (κ3) is 4.36. The maximum atomic E-state index is 13.4. The maximum Gasteiger partial charge on any atom is 0.300 e. The monoisotopic (exact) mass is 480 g/mol. The number of carbonyl (C=O) groups is 2. The Hall–Kier alpha value is -4.37. The van der Waals surface area contributed by atoms with E-state index in [0.29, 0.717) is 28.1 Å². The van der Waals surface area contributed by atoms with E-state index in [1.807, 2.05) is 31.2 Å². The van der Waals surface area contributed by atoms with Gasteiger partial charge >= 0.3 is 0 Å². The highest BCUT2D eigenvalue weighted by Gasteiger charge is 2.47. The highest BCUT2D eigenvalue weighted by molar-refractivity contribution is 6.51. The van der Waals surface area contributed by atoms with Crippen LogP contribution in [0.1, 0.15) is 54.6 Å². The average molecular weight is 481 g/mol. The van der Waals surface area contributed by atoms with Crippen molar-refractivity contribution in [2.45, 2.75) is 39.2 Å². The van der Waals surface area contributed by atoms with Gasteiger partial charge in [-0.2, -0.15) is 5.26 Å². The number of hydrogen-bond donors (Lipinski definition) is 1. The van der Waals surface area contributed by atoms with Crippen LogP contribution in [-0.2, 0) is 15.0 Å². The summed E-state index contributed by atoms with van der Waals surface area (Å²) in [5.41, 5.74) is 3.84. The van der Waals surface area contributed by atoms with Crippen LogP contribution >= 0.6 is 0 Å². The zero-order valence-corrected chi connectivity index (χ0v) is 21.0. The van der Waals surface area contributed by atoms with Gasteiger partial charge in [-0.3, -0.25) is 14.5 Å². The number of nitrogens with zero attached hydrogens (tertiary/aromatic N) is 2. The molecule has 0 radical (unpaired) electrons. The molecule has 3 aromatic carbocycles. The zero-order chi connectivity index (χ0) is 26.2. The van der Waals surface area contributed by atoms with Crippen molar-refractivity contribution < 1.29 is 19.4 Å². The van der Waals surface area contributed by atoms with Crippen molar-refractivity contribution in [3.8, 4) is 11.8 Å². The first-order chi connectivity index (χ1) is 17.1. The number of methoxy groups -OCH3 is 1. The van der Waals surface area contributed by atoms with E-state index in [1.165, 1.54) is 4.90 Å². The fourth-order valence-electron chi connectivity index (χ4n) is 4.46. The lowest BCUT2D eigenvalue weighted by Crippen LogP contribution is -2.29. The van der Waals surface area contributed by atoms with Crippen LogP contribution in [0.2, 0.25) is 0 Å². The third-order valence-electron chi connectivity index (χ3n) is 6.48. The fourth-order valence-corrected chi connectivity index (χ4v) is 4.46. The van der Waals surface area contributed by atoms with Gasteiger partial charge < -0.3 is 9.84 Å². The number of Topliss-reactive ketones (excluding diaryl/α,β-unsaturated/α-hetero) is 1. The predicted octanol–water partition coefficient (Wildman–Crippen LogP) is 5.80. The van der Waals surface area contributed by atoms with E-state index in [9.17, 15) is 20.0 Å². The molecule has 0 aliphatic carbocycles. The van der Waals surface area contributed by atoms with Gasteiger partial charge in [-0.05, 0) is 71.5 Å². The van der Waals surface area contributed by atoms with Crippen LogP contribution in [0.4, 0.5) is 5.69 Å². The Bertz CT molecular complexity index is 1410. The Balaban J connectivity index is 1.92. The molecule has 4 rings (SSSR count). The topological polar surface area (TPSA) is 90.6 Å². The minimum atomic E-state index is -0.839. The highest BCUT2D eigenvalue weighted by atomic mass is 16.5. The molecule has 0 saturated carbocycles. The average Bonchev–Trinajstić information content (AvgIpc) is 3.13. The Morgan fingerprint density at radius 3 is 2.17 bits per heavy atom. The Kier molecular flexibility index (Phi) is 6.43. The van der Waals surface area contributed by atoms with E-state index >= 15 is 0 Å². The summed E-state index contributed by atoms with van der Waals surface area (Å²) in [6.07, 6.45) is 0. The maximum absolute atomic E-state index is 13.4. The standard InChI is InChI=1S/C30H28N2O4/c1-18-16-21(10-15-24(18)36-5)27(33)25-26(20-8-11-22(12-9-20)30(2,3)4)32(29(35)28(25)34)23-13-6-19(17-31)7-14-23/h6-16,26,33H,1-5H3/b27-25-. The van der Waals surface area contributed by atoms with E-state index in [4.69, 9.17) is 4.74 Å². The molecule has 1 amide bonds. The number of aliphatic hydroxyl groups is 1. The molecule has 0 spiro atoms. The molecule has 182 valence electrons. The lowest BCUT2D eigenvalue weighted by Gasteiger charge is -2.26. The second kappa shape index (κ2) is 9.35. The van der Waals surface area contributed by atoms with Crippen LogP contribution in [0.25, 0.3) is 5.76 Å². The van der Waals surface area contributed by atoms with E-state index < -0.39 is 17.7 Å². The normalized spacial score (nSPS) is 17.2. The SMILES string of the molecule is COc1ccc(/C(O)=C2/C(=O)C(=O)N(c3ccc(C#N)cc3)C2c2ccc(C(C)(C)C)cc2)cc1C. The van der Waals surface area contributed by atoms with Crippen LogP contribution in [-0.4, -0.2) is 23.9 Å². The van der Waals surface area contributed by atoms with Crippen molar-refractivity contribution in [2.24, 2.45) is 0 Å². The Morgan fingerprint density at radius 2 is 1.64 bits per heavy atom. The minimum absolute atomic E-state index is 0.0115. The number of amides is 1. The van der Waals surface area contributed by atoms with E-state index in [0.717, 1.165) is 11.1 Å². The number of ether oxygens (including phenoxy) is 1. The Morgan fingerprint density at radius 1 is 1.00 bits per heavy atom. The lowest BCUT2D eigenvalue weighted by atomic mass is 9.85. The van der Waals surface area contributed by atoms with Crippen LogP contribution in [0, 0.1) is 18.3 Å². The van der Waals surface area contributed by atoms with Crippen molar-refractivity contribution in [3.05, 3.63) is 100 Å². The summed E-state index contributed by atoms with van der Waals surface area (Å²) >= 11 is 0. The van der Waals surface area contributed by atoms with Crippen LogP contribution in [0.15, 0.2) is 72.3 Å². The number of benzene rings is 3. The molecule has 1 N–H and O–H groups in total. The first-order valence-electron chi connectivity index (χ1n) is 11.6. The molecule has 1 aliphatic rings. The number of nitriles is 1. The summed E-state index contributed by atoms with van der Waals surface area (Å²) in [7, 11) is 1.56. The Labute approximate surface area is 211 Å². The van der Waals surface area contributed by atoms with Gasteiger partial charge in [0.25, 0.3) is 11.7 Å². The molecule has 6 nitrogen and oxygen atoms in total. The smallest absolute Gasteiger partial charge is 0.300 e. The van der Waals surface area contributed by atoms with Crippen molar-refractivity contribution in [3.63, 3.8) is 0 Å². The molecular weight excluding hydrogens is 452 g/mol. The number of aliphatic hydroxyl groups excluding tert-OH is 1. The summed E-state index contributed by atoms with van der Waals surface area (Å²) < 4.78 is 5.32. The molecule has 1 fully saturated rings. The van der Waals surface area contributed by atoms with Crippen molar-refractivity contribution in [1.29, 1.82) is 5.26 Å². The number of carbonyl (C=O) groups excluding carboxylic acids is 2. The van der Waals surface area contributed by atoms with Crippen molar-refractivity contribution in [1.82, 2.24) is 0 Å². The van der Waals surface area contributed by atoms with Gasteiger partial charge in [-0.1, -0.05) is 45.0 Å². The quantitative estimate of drug-likeness (QED) is 0.290. The number of ketones is 1. The molecule has 0 bridgehead atoms. The van der Waals surface area contributed by atoms with Gasteiger partial charge in [0.1, 0.15) is 11.5 Å². The number of aryl methyl sites for hydroxylation is 1. The van der Waals surface area contributed by atoms with Crippen molar-refractivity contribution in [2.75, 3.05) is 12.0 Å². The predicted molar refractivity (Wildman–Crippen MR) is 139 cm³/mol. The number of hydrogen-bond acceptors (Lipinski definition) is 5. The van der Waals surface area contributed by atoms with Gasteiger partial charge in [0, 0.05) is 11.3 Å². The molecule has 6 heteroatoms. The molecule has 36 heavy (non-hydrogen) atoms. The van der Waals surface area contributed by atoms with Crippen LogP contribution in [0.3, 0.4) is 0 Å². The molecule has 1 saturated heterocycles. The largest absolute Gasteiger partial charge is 0.507 e. The summed E-state index contributed by atoms with van der Waals surface area (Å²) in [5, 5.41) is 20.5. The third-order valence-corrected chi connectivity index (χ3v) is 6.48. The van der Waals surface area contributed by atoms with Gasteiger partial charge in [-0.25, -0.2) is 0 Å². The molecule has 0 aromatic heterocycles. The second-order valence-corrected chi connectivity index (χ2v) is 9.88. The van der Waals surface area contributed by atoms with Gasteiger partial charge in [-0.15, -0.1) is 0 Å². The molecule has 1 aliphatic heterocycles. The number of anilines is 1. The molecule has 1 heterocycles.